The average molecular weight is 233 g/mol. The smallest absolute Gasteiger partial charge is 0.179 e. The maximum atomic E-state index is 5.40. The molecule has 2 aromatic heterocycles. The van der Waals surface area contributed by atoms with Crippen molar-refractivity contribution >= 4 is 23.4 Å². The van der Waals surface area contributed by atoms with E-state index < -0.39 is 0 Å². The molecule has 0 bridgehead atoms. The van der Waals surface area contributed by atoms with E-state index in [1.165, 1.54) is 12.0 Å². The summed E-state index contributed by atoms with van der Waals surface area (Å²) < 4.78 is 2.98. The molecule has 16 heavy (non-hydrogen) atoms. The van der Waals surface area contributed by atoms with Gasteiger partial charge in [-0.05, 0) is 42.6 Å². The minimum atomic E-state index is 0.360. The fourth-order valence-electron chi connectivity index (χ4n) is 2.31. The Bertz CT molecular complexity index is 621. The minimum Gasteiger partial charge on any atom is -0.329 e. The highest BCUT2D eigenvalue weighted by Gasteiger charge is 2.48. The molecule has 0 radical (unpaired) electrons. The second-order valence-corrected chi connectivity index (χ2v) is 5.72. The van der Waals surface area contributed by atoms with Crippen LogP contribution in [0.3, 0.4) is 0 Å². The Labute approximate surface area is 99.5 Å². The number of nitrogens with zero attached hydrogens (tertiary/aromatic N) is 2. The van der Waals surface area contributed by atoms with Crippen LogP contribution in [0.25, 0.3) is 11.2 Å². The van der Waals surface area contributed by atoms with Crippen molar-refractivity contribution in [3.05, 3.63) is 22.6 Å². The zero-order chi connectivity index (χ0) is 11.5. The van der Waals surface area contributed by atoms with E-state index >= 15 is 0 Å². The first-order valence-electron chi connectivity index (χ1n) is 5.56. The van der Waals surface area contributed by atoms with Gasteiger partial charge < -0.3 is 4.98 Å². The van der Waals surface area contributed by atoms with Crippen molar-refractivity contribution in [1.29, 1.82) is 0 Å². The predicted octanol–water partition coefficient (Wildman–Crippen LogP) is 3.37. The first-order valence-corrected chi connectivity index (χ1v) is 5.97. The highest BCUT2D eigenvalue weighted by molar-refractivity contribution is 7.71. The summed E-state index contributed by atoms with van der Waals surface area (Å²) in [6, 6.07) is 2.51. The normalized spacial score (nSPS) is 22.6. The summed E-state index contributed by atoms with van der Waals surface area (Å²) >= 11 is 5.40. The monoisotopic (exact) mass is 233 g/mol. The zero-order valence-electron chi connectivity index (χ0n) is 9.74. The van der Waals surface area contributed by atoms with Gasteiger partial charge in [0.05, 0.1) is 5.52 Å². The first kappa shape index (κ1) is 10.0. The van der Waals surface area contributed by atoms with E-state index in [0.29, 0.717) is 11.5 Å². The fourth-order valence-corrected chi connectivity index (χ4v) is 2.63. The molecule has 0 saturated heterocycles. The van der Waals surface area contributed by atoms with E-state index in [2.05, 4.69) is 35.3 Å². The number of aromatic amines is 1. The molecule has 1 atom stereocenters. The SMILES string of the molecule is Cc1ccnc2c1[nH]c(=S)n2C1CC1(C)C. The summed E-state index contributed by atoms with van der Waals surface area (Å²) in [6.07, 6.45) is 3.04. The summed E-state index contributed by atoms with van der Waals surface area (Å²) in [5.74, 6) is 0. The lowest BCUT2D eigenvalue weighted by molar-refractivity contribution is 0.544. The Morgan fingerprint density at radius 3 is 2.88 bits per heavy atom. The number of aromatic nitrogens is 3. The molecule has 1 aliphatic rings. The molecule has 0 aliphatic heterocycles. The molecule has 0 amide bonds. The van der Waals surface area contributed by atoms with E-state index in [0.717, 1.165) is 15.9 Å². The molecule has 0 spiro atoms. The van der Waals surface area contributed by atoms with Crippen LogP contribution in [-0.2, 0) is 0 Å². The van der Waals surface area contributed by atoms with Gasteiger partial charge in [-0.15, -0.1) is 0 Å². The van der Waals surface area contributed by atoms with Crippen LogP contribution in [0, 0.1) is 17.1 Å². The Morgan fingerprint density at radius 1 is 1.56 bits per heavy atom. The quantitative estimate of drug-likeness (QED) is 0.766. The fraction of sp³-hybridized carbons (Fsp3) is 0.500. The maximum Gasteiger partial charge on any atom is 0.179 e. The minimum absolute atomic E-state index is 0.360. The number of hydrogen-bond acceptors (Lipinski definition) is 2. The van der Waals surface area contributed by atoms with E-state index in [4.69, 9.17) is 12.2 Å². The lowest BCUT2D eigenvalue weighted by Crippen LogP contribution is -2.01. The Morgan fingerprint density at radius 2 is 2.25 bits per heavy atom. The topological polar surface area (TPSA) is 33.6 Å². The first-order chi connectivity index (χ1) is 7.50. The second-order valence-electron chi connectivity index (χ2n) is 5.34. The van der Waals surface area contributed by atoms with Crippen LogP contribution in [0.4, 0.5) is 0 Å². The molecule has 1 saturated carbocycles. The van der Waals surface area contributed by atoms with Gasteiger partial charge in [0.25, 0.3) is 0 Å². The number of imidazole rings is 1. The summed E-state index contributed by atoms with van der Waals surface area (Å²) in [6.45, 7) is 6.62. The van der Waals surface area contributed by atoms with Crippen LogP contribution in [0.1, 0.15) is 31.9 Å². The number of H-pyrrole nitrogens is 1. The number of aryl methyl sites for hydroxylation is 1. The largest absolute Gasteiger partial charge is 0.329 e. The van der Waals surface area contributed by atoms with Crippen LogP contribution in [0.5, 0.6) is 0 Å². The predicted molar refractivity (Wildman–Crippen MR) is 67.1 cm³/mol. The number of nitrogens with one attached hydrogen (secondary N) is 1. The highest BCUT2D eigenvalue weighted by Crippen LogP contribution is 2.56. The van der Waals surface area contributed by atoms with Gasteiger partial charge in [-0.1, -0.05) is 13.8 Å². The van der Waals surface area contributed by atoms with E-state index in [-0.39, 0.29) is 0 Å². The number of pyridine rings is 1. The average Bonchev–Trinajstić information content (AvgIpc) is 2.68. The molecule has 0 aromatic carbocycles. The molecule has 2 heterocycles. The number of fused-ring (bicyclic) bond motifs is 1. The molecule has 3 rings (SSSR count). The third-order valence-electron chi connectivity index (χ3n) is 3.59. The Kier molecular flexibility index (Phi) is 1.84. The van der Waals surface area contributed by atoms with Gasteiger partial charge in [0.15, 0.2) is 10.4 Å². The number of hydrogen-bond donors (Lipinski definition) is 1. The third-order valence-corrected chi connectivity index (χ3v) is 3.89. The van der Waals surface area contributed by atoms with Crippen molar-refractivity contribution in [2.75, 3.05) is 0 Å². The molecule has 3 nitrogen and oxygen atoms in total. The van der Waals surface area contributed by atoms with E-state index in [9.17, 15) is 0 Å². The van der Waals surface area contributed by atoms with Crippen molar-refractivity contribution in [2.24, 2.45) is 5.41 Å². The summed E-state index contributed by atoms with van der Waals surface area (Å²) in [5, 5.41) is 0. The lowest BCUT2D eigenvalue weighted by atomic mass is 10.2. The van der Waals surface area contributed by atoms with Gasteiger partial charge >= 0.3 is 0 Å². The van der Waals surface area contributed by atoms with E-state index in [1.54, 1.807) is 0 Å². The van der Waals surface area contributed by atoms with Crippen LogP contribution in [0.15, 0.2) is 12.3 Å². The zero-order valence-corrected chi connectivity index (χ0v) is 10.6. The van der Waals surface area contributed by atoms with E-state index in [1.807, 2.05) is 12.3 Å². The second kappa shape index (κ2) is 2.94. The maximum absolute atomic E-state index is 5.40. The van der Waals surface area contributed by atoms with Gasteiger partial charge in [0.1, 0.15) is 0 Å². The van der Waals surface area contributed by atoms with Gasteiger partial charge in [-0.3, -0.25) is 4.57 Å². The summed E-state index contributed by atoms with van der Waals surface area (Å²) in [4.78, 5) is 7.72. The molecule has 84 valence electrons. The molecular formula is C12H15N3S. The Hall–Kier alpha value is -1.16. The van der Waals surface area contributed by atoms with Gasteiger partial charge in [0.2, 0.25) is 0 Å². The van der Waals surface area contributed by atoms with Crippen LogP contribution in [-0.4, -0.2) is 14.5 Å². The molecular weight excluding hydrogens is 218 g/mol. The molecule has 1 unspecified atom stereocenters. The molecule has 2 aromatic rings. The van der Waals surface area contributed by atoms with Crippen LogP contribution in [0.2, 0.25) is 0 Å². The standard InChI is InChI=1S/C12H15N3S/c1-7-4-5-13-10-9(7)14-11(16)15(10)8-6-12(8,2)3/h4-5,8H,6H2,1-3H3,(H,14,16). The molecule has 1 aliphatic carbocycles. The molecule has 1 fully saturated rings. The van der Waals surface area contributed by atoms with Crippen molar-refractivity contribution in [3.63, 3.8) is 0 Å². The van der Waals surface area contributed by atoms with Crippen molar-refractivity contribution in [3.8, 4) is 0 Å². The Balaban J connectivity index is 2.30. The third kappa shape index (κ3) is 1.26. The van der Waals surface area contributed by atoms with Gasteiger partial charge in [0, 0.05) is 12.2 Å². The summed E-state index contributed by atoms with van der Waals surface area (Å²) in [7, 11) is 0. The van der Waals surface area contributed by atoms with Crippen LogP contribution < -0.4 is 0 Å². The summed E-state index contributed by atoms with van der Waals surface area (Å²) in [5.41, 5.74) is 3.64. The van der Waals surface area contributed by atoms with Gasteiger partial charge in [-0.25, -0.2) is 4.98 Å². The van der Waals surface area contributed by atoms with Crippen molar-refractivity contribution in [2.45, 2.75) is 33.2 Å². The molecule has 4 heteroatoms. The van der Waals surface area contributed by atoms with Crippen molar-refractivity contribution < 1.29 is 0 Å². The van der Waals surface area contributed by atoms with Gasteiger partial charge in [-0.2, -0.15) is 0 Å². The van der Waals surface area contributed by atoms with Crippen molar-refractivity contribution in [1.82, 2.24) is 14.5 Å². The lowest BCUT2D eigenvalue weighted by Gasteiger charge is -2.05. The molecule has 1 N–H and O–H groups in total. The van der Waals surface area contributed by atoms with Crippen LogP contribution >= 0.6 is 12.2 Å². The highest BCUT2D eigenvalue weighted by atomic mass is 32.1. The number of rotatable bonds is 1.